The largest absolute Gasteiger partial charge is 0.397 e. The van der Waals surface area contributed by atoms with Gasteiger partial charge in [0, 0.05) is 6.20 Å². The molecule has 0 saturated heterocycles. The molecule has 1 heterocycles. The fourth-order valence-electron chi connectivity index (χ4n) is 0.815. The topological polar surface area (TPSA) is 59.1 Å². The molecule has 0 aliphatic heterocycles. The number of nitrogen functional groups attached to an aromatic ring is 1. The van der Waals surface area contributed by atoms with Gasteiger partial charge in [0.2, 0.25) is 0 Å². The predicted octanol–water partition coefficient (Wildman–Crippen LogP) is 1.37. The van der Waals surface area contributed by atoms with Crippen LogP contribution in [-0.4, -0.2) is 10.1 Å². The summed E-state index contributed by atoms with van der Waals surface area (Å²) >= 11 is 5.60. The summed E-state index contributed by atoms with van der Waals surface area (Å²) in [4.78, 5) is 3.87. The molecule has 0 radical (unpaired) electrons. The first kappa shape index (κ1) is 8.30. The lowest BCUT2D eigenvalue weighted by Crippen LogP contribution is -2.01. The second kappa shape index (κ2) is 3.07. The molecule has 1 atom stereocenters. The van der Waals surface area contributed by atoms with Crippen molar-refractivity contribution in [1.82, 2.24) is 4.98 Å². The van der Waals surface area contributed by atoms with Gasteiger partial charge in [0.05, 0.1) is 22.5 Å². The molecule has 0 fully saturated rings. The molecule has 3 N–H and O–H groups in total. The van der Waals surface area contributed by atoms with Gasteiger partial charge in [0.25, 0.3) is 0 Å². The van der Waals surface area contributed by atoms with Crippen molar-refractivity contribution in [1.29, 1.82) is 0 Å². The van der Waals surface area contributed by atoms with Gasteiger partial charge in [-0.1, -0.05) is 11.6 Å². The lowest BCUT2D eigenvalue weighted by molar-refractivity contribution is 0.195. The Kier molecular flexibility index (Phi) is 2.31. The number of rotatable bonds is 1. The third kappa shape index (κ3) is 1.82. The van der Waals surface area contributed by atoms with Crippen molar-refractivity contribution in [3.05, 3.63) is 23.0 Å². The van der Waals surface area contributed by atoms with Crippen LogP contribution in [0.5, 0.6) is 0 Å². The van der Waals surface area contributed by atoms with Crippen molar-refractivity contribution in [2.45, 2.75) is 13.0 Å². The zero-order chi connectivity index (χ0) is 8.43. The maximum atomic E-state index is 9.11. The number of hydrogen-bond acceptors (Lipinski definition) is 3. The van der Waals surface area contributed by atoms with Crippen LogP contribution in [0.15, 0.2) is 12.3 Å². The average molecular weight is 173 g/mol. The van der Waals surface area contributed by atoms with Crippen LogP contribution in [-0.2, 0) is 0 Å². The van der Waals surface area contributed by atoms with Gasteiger partial charge in [0.15, 0.2) is 0 Å². The third-order valence-corrected chi connectivity index (χ3v) is 1.52. The number of halogens is 1. The SMILES string of the molecule is CC(O)c1ncc(Cl)cc1N. The summed E-state index contributed by atoms with van der Waals surface area (Å²) in [5.74, 6) is 0. The maximum absolute atomic E-state index is 9.11. The van der Waals surface area contributed by atoms with Crippen molar-refractivity contribution >= 4 is 17.3 Å². The minimum absolute atomic E-state index is 0.424. The maximum Gasteiger partial charge on any atom is 0.0952 e. The van der Waals surface area contributed by atoms with Gasteiger partial charge >= 0.3 is 0 Å². The van der Waals surface area contributed by atoms with Gasteiger partial charge in [-0.15, -0.1) is 0 Å². The highest BCUT2D eigenvalue weighted by Crippen LogP contribution is 2.20. The number of anilines is 1. The van der Waals surface area contributed by atoms with Gasteiger partial charge in [-0.2, -0.15) is 0 Å². The van der Waals surface area contributed by atoms with Crippen LogP contribution in [0.1, 0.15) is 18.7 Å². The quantitative estimate of drug-likeness (QED) is 0.673. The molecule has 3 nitrogen and oxygen atoms in total. The van der Waals surface area contributed by atoms with Gasteiger partial charge in [-0.3, -0.25) is 4.98 Å². The molecule has 0 saturated carbocycles. The van der Waals surface area contributed by atoms with E-state index in [1.807, 2.05) is 0 Å². The zero-order valence-corrected chi connectivity index (χ0v) is 6.84. The molecule has 4 heteroatoms. The van der Waals surface area contributed by atoms with E-state index in [0.717, 1.165) is 0 Å². The van der Waals surface area contributed by atoms with Gasteiger partial charge in [-0.05, 0) is 13.0 Å². The molecule has 0 aromatic carbocycles. The lowest BCUT2D eigenvalue weighted by atomic mass is 10.2. The minimum Gasteiger partial charge on any atom is -0.397 e. The molecule has 0 amide bonds. The fraction of sp³-hybridized carbons (Fsp3) is 0.286. The summed E-state index contributed by atoms with van der Waals surface area (Å²) in [7, 11) is 0. The first-order valence-corrected chi connectivity index (χ1v) is 3.58. The van der Waals surface area contributed by atoms with E-state index in [1.54, 1.807) is 13.0 Å². The van der Waals surface area contributed by atoms with Crippen LogP contribution >= 0.6 is 11.6 Å². The van der Waals surface area contributed by atoms with E-state index in [9.17, 15) is 0 Å². The Morgan fingerprint density at radius 3 is 2.82 bits per heavy atom. The van der Waals surface area contributed by atoms with Crippen LogP contribution in [0, 0.1) is 0 Å². The molecular formula is C7H9ClN2O. The van der Waals surface area contributed by atoms with Crippen LogP contribution in [0.2, 0.25) is 5.02 Å². The summed E-state index contributed by atoms with van der Waals surface area (Å²) in [6.45, 7) is 1.60. The predicted molar refractivity (Wildman–Crippen MR) is 44.3 cm³/mol. The number of aliphatic hydroxyl groups excluding tert-OH is 1. The Bertz CT molecular complexity index is 263. The summed E-state index contributed by atoms with van der Waals surface area (Å²) in [5.41, 5.74) is 6.41. The van der Waals surface area contributed by atoms with Crippen molar-refractivity contribution in [3.63, 3.8) is 0 Å². The molecule has 1 aromatic rings. The van der Waals surface area contributed by atoms with Crippen LogP contribution < -0.4 is 5.73 Å². The number of pyridine rings is 1. The van der Waals surface area contributed by atoms with Gasteiger partial charge < -0.3 is 10.8 Å². The van der Waals surface area contributed by atoms with Crippen molar-refractivity contribution in [3.8, 4) is 0 Å². The second-order valence-corrected chi connectivity index (χ2v) is 2.74. The van der Waals surface area contributed by atoms with E-state index < -0.39 is 6.10 Å². The Morgan fingerprint density at radius 2 is 2.36 bits per heavy atom. The first-order chi connectivity index (χ1) is 5.11. The highest BCUT2D eigenvalue weighted by Gasteiger charge is 2.06. The molecular weight excluding hydrogens is 164 g/mol. The Morgan fingerprint density at radius 1 is 1.73 bits per heavy atom. The Balaban J connectivity index is 3.09. The normalized spacial score (nSPS) is 13.0. The van der Waals surface area contributed by atoms with Crippen LogP contribution in [0.3, 0.4) is 0 Å². The number of nitrogens with zero attached hydrogens (tertiary/aromatic N) is 1. The monoisotopic (exact) mass is 172 g/mol. The zero-order valence-electron chi connectivity index (χ0n) is 6.08. The standard InChI is InChI=1S/C7H9ClN2O/c1-4(11)7-6(9)2-5(8)3-10-7/h2-4,11H,9H2,1H3. The van der Waals surface area contributed by atoms with Crippen LogP contribution in [0.4, 0.5) is 5.69 Å². The minimum atomic E-state index is -0.646. The molecule has 1 unspecified atom stereocenters. The fourth-order valence-corrected chi connectivity index (χ4v) is 0.981. The molecule has 1 aromatic heterocycles. The summed E-state index contributed by atoms with van der Waals surface area (Å²) in [6.07, 6.45) is 0.812. The number of aromatic nitrogens is 1. The third-order valence-electron chi connectivity index (χ3n) is 1.31. The molecule has 60 valence electrons. The highest BCUT2D eigenvalue weighted by molar-refractivity contribution is 6.30. The van der Waals surface area contributed by atoms with Crippen molar-refractivity contribution < 1.29 is 5.11 Å². The van der Waals surface area contributed by atoms with E-state index in [4.69, 9.17) is 22.4 Å². The van der Waals surface area contributed by atoms with E-state index in [0.29, 0.717) is 16.4 Å². The number of aliphatic hydroxyl groups is 1. The average Bonchev–Trinajstić information content (AvgIpc) is 1.85. The Labute approximate surface area is 69.8 Å². The molecule has 0 spiro atoms. The van der Waals surface area contributed by atoms with Crippen LogP contribution in [0.25, 0.3) is 0 Å². The van der Waals surface area contributed by atoms with E-state index in [-0.39, 0.29) is 0 Å². The molecule has 0 aliphatic carbocycles. The number of nitrogens with two attached hydrogens (primary N) is 1. The lowest BCUT2D eigenvalue weighted by Gasteiger charge is -2.06. The summed E-state index contributed by atoms with van der Waals surface area (Å²) < 4.78 is 0. The number of hydrogen-bond donors (Lipinski definition) is 2. The summed E-state index contributed by atoms with van der Waals surface area (Å²) in [5, 5.41) is 9.59. The smallest absolute Gasteiger partial charge is 0.0952 e. The molecule has 0 bridgehead atoms. The van der Waals surface area contributed by atoms with E-state index in [2.05, 4.69) is 4.98 Å². The molecule has 1 rings (SSSR count). The van der Waals surface area contributed by atoms with Crippen molar-refractivity contribution in [2.75, 3.05) is 5.73 Å². The summed E-state index contributed by atoms with van der Waals surface area (Å²) in [6, 6.07) is 1.57. The molecule has 11 heavy (non-hydrogen) atoms. The Hall–Kier alpha value is -0.800. The highest BCUT2D eigenvalue weighted by atomic mass is 35.5. The molecule has 0 aliphatic rings. The van der Waals surface area contributed by atoms with Gasteiger partial charge in [-0.25, -0.2) is 0 Å². The van der Waals surface area contributed by atoms with Gasteiger partial charge in [0.1, 0.15) is 0 Å². The first-order valence-electron chi connectivity index (χ1n) is 3.20. The van der Waals surface area contributed by atoms with E-state index in [1.165, 1.54) is 6.20 Å². The van der Waals surface area contributed by atoms with E-state index >= 15 is 0 Å². The second-order valence-electron chi connectivity index (χ2n) is 2.30. The van der Waals surface area contributed by atoms with Crippen molar-refractivity contribution in [2.24, 2.45) is 0 Å².